The molecule has 17 heavy (non-hydrogen) atoms. The highest BCUT2D eigenvalue weighted by Crippen LogP contribution is 2.46. The van der Waals surface area contributed by atoms with Crippen molar-refractivity contribution in [3.63, 3.8) is 0 Å². The predicted molar refractivity (Wildman–Crippen MR) is 61.6 cm³/mol. The van der Waals surface area contributed by atoms with Crippen LogP contribution in [0.2, 0.25) is 0 Å². The van der Waals surface area contributed by atoms with E-state index in [4.69, 9.17) is 9.47 Å². The highest BCUT2D eigenvalue weighted by Gasteiger charge is 2.55. The summed E-state index contributed by atoms with van der Waals surface area (Å²) in [6, 6.07) is 6.87. The Labute approximate surface area is 99.5 Å². The van der Waals surface area contributed by atoms with E-state index in [9.17, 15) is 9.90 Å². The fourth-order valence-corrected chi connectivity index (χ4v) is 2.18. The molecular formula is C13H14O4. The first-order chi connectivity index (χ1) is 8.07. The molecule has 1 aromatic rings. The number of ketones is 1. The number of benzene rings is 1. The van der Waals surface area contributed by atoms with Gasteiger partial charge in [-0.3, -0.25) is 4.79 Å². The molecule has 1 N–H and O–H groups in total. The van der Waals surface area contributed by atoms with Crippen molar-refractivity contribution in [1.82, 2.24) is 0 Å². The van der Waals surface area contributed by atoms with Crippen molar-refractivity contribution in [2.75, 3.05) is 14.2 Å². The number of rotatable bonds is 3. The topological polar surface area (TPSA) is 55.8 Å². The van der Waals surface area contributed by atoms with Crippen LogP contribution in [0.25, 0.3) is 0 Å². The molecule has 1 aliphatic carbocycles. The number of hydrogen-bond acceptors (Lipinski definition) is 4. The first-order valence-corrected chi connectivity index (χ1v) is 5.23. The molecule has 1 aliphatic rings. The molecule has 4 nitrogen and oxygen atoms in total. The van der Waals surface area contributed by atoms with Gasteiger partial charge in [0, 0.05) is 11.1 Å². The van der Waals surface area contributed by atoms with Gasteiger partial charge in [0.2, 0.25) is 11.4 Å². The van der Waals surface area contributed by atoms with E-state index in [0.29, 0.717) is 16.9 Å². The highest BCUT2D eigenvalue weighted by molar-refractivity contribution is 6.11. The predicted octanol–water partition coefficient (Wildman–Crippen LogP) is 1.39. The van der Waals surface area contributed by atoms with Gasteiger partial charge in [0.25, 0.3) is 0 Å². The second-order valence-corrected chi connectivity index (χ2v) is 3.90. The van der Waals surface area contributed by atoms with E-state index in [-0.39, 0.29) is 11.5 Å². The van der Waals surface area contributed by atoms with Crippen molar-refractivity contribution in [2.24, 2.45) is 0 Å². The molecule has 90 valence electrons. The molecule has 2 rings (SSSR count). The Kier molecular flexibility index (Phi) is 2.67. The monoisotopic (exact) mass is 234 g/mol. The van der Waals surface area contributed by atoms with Gasteiger partial charge in [-0.05, 0) is 13.0 Å². The van der Waals surface area contributed by atoms with Crippen molar-refractivity contribution in [2.45, 2.75) is 12.5 Å². The van der Waals surface area contributed by atoms with E-state index < -0.39 is 5.60 Å². The zero-order valence-electron chi connectivity index (χ0n) is 9.98. The number of hydrogen-bond donors (Lipinski definition) is 1. The molecular weight excluding hydrogens is 220 g/mol. The standard InChI is InChI=1S/C13H14O4/c1-8-11(14)13(15,12(8)17-3)9-6-4-5-7-10(9)16-2/h4-7,15H,1-3H3. The minimum atomic E-state index is -1.70. The molecule has 0 heterocycles. The number of carbonyl (C=O) groups excluding carboxylic acids is 1. The Morgan fingerprint density at radius 3 is 2.41 bits per heavy atom. The van der Waals surface area contributed by atoms with E-state index in [2.05, 4.69) is 0 Å². The van der Waals surface area contributed by atoms with Gasteiger partial charge in [-0.25, -0.2) is 0 Å². The lowest BCUT2D eigenvalue weighted by molar-refractivity contribution is -0.140. The fraction of sp³-hybridized carbons (Fsp3) is 0.308. The zero-order valence-corrected chi connectivity index (χ0v) is 9.98. The Hall–Kier alpha value is -1.81. The lowest BCUT2D eigenvalue weighted by atomic mass is 9.73. The maximum absolute atomic E-state index is 11.9. The maximum atomic E-state index is 11.9. The average molecular weight is 234 g/mol. The quantitative estimate of drug-likeness (QED) is 0.858. The van der Waals surface area contributed by atoms with E-state index in [0.717, 1.165) is 0 Å². The van der Waals surface area contributed by atoms with Gasteiger partial charge < -0.3 is 14.6 Å². The smallest absolute Gasteiger partial charge is 0.214 e. The third kappa shape index (κ3) is 1.37. The molecule has 0 radical (unpaired) electrons. The maximum Gasteiger partial charge on any atom is 0.214 e. The third-order valence-electron chi connectivity index (χ3n) is 3.04. The van der Waals surface area contributed by atoms with Gasteiger partial charge in [-0.2, -0.15) is 0 Å². The molecule has 0 amide bonds. The van der Waals surface area contributed by atoms with Gasteiger partial charge >= 0.3 is 0 Å². The van der Waals surface area contributed by atoms with Crippen LogP contribution in [0.15, 0.2) is 35.6 Å². The Balaban J connectivity index is 2.58. The van der Waals surface area contributed by atoms with Crippen molar-refractivity contribution in [1.29, 1.82) is 0 Å². The van der Waals surface area contributed by atoms with Crippen LogP contribution in [0, 0.1) is 0 Å². The summed E-state index contributed by atoms with van der Waals surface area (Å²) >= 11 is 0. The van der Waals surface area contributed by atoms with E-state index >= 15 is 0 Å². The largest absolute Gasteiger partial charge is 0.497 e. The van der Waals surface area contributed by atoms with Crippen LogP contribution in [0.3, 0.4) is 0 Å². The summed E-state index contributed by atoms with van der Waals surface area (Å²) in [5.74, 6) is 0.399. The number of aliphatic hydroxyl groups is 1. The first kappa shape index (κ1) is 11.7. The SMILES string of the molecule is COC1=C(C)C(=O)C1(O)c1ccccc1OC. The number of methoxy groups -OCH3 is 2. The summed E-state index contributed by atoms with van der Waals surface area (Å²) in [5, 5.41) is 10.5. The minimum Gasteiger partial charge on any atom is -0.497 e. The van der Waals surface area contributed by atoms with Gasteiger partial charge in [0.05, 0.1) is 14.2 Å². The number of carbonyl (C=O) groups is 1. The summed E-state index contributed by atoms with van der Waals surface area (Å²) in [7, 11) is 2.93. The molecule has 4 heteroatoms. The normalized spacial score (nSPS) is 23.4. The first-order valence-electron chi connectivity index (χ1n) is 5.23. The van der Waals surface area contributed by atoms with Crippen LogP contribution in [-0.2, 0) is 15.1 Å². The van der Waals surface area contributed by atoms with Crippen LogP contribution < -0.4 is 4.74 Å². The van der Waals surface area contributed by atoms with Crippen molar-refractivity contribution < 1.29 is 19.4 Å². The molecule has 0 spiro atoms. The Morgan fingerprint density at radius 2 is 1.82 bits per heavy atom. The molecule has 1 unspecified atom stereocenters. The Morgan fingerprint density at radius 1 is 1.18 bits per heavy atom. The molecule has 0 aliphatic heterocycles. The van der Waals surface area contributed by atoms with Crippen LogP contribution >= 0.6 is 0 Å². The molecule has 0 bridgehead atoms. The van der Waals surface area contributed by atoms with Crippen LogP contribution in [0.1, 0.15) is 12.5 Å². The van der Waals surface area contributed by atoms with E-state index in [1.807, 2.05) is 0 Å². The van der Waals surface area contributed by atoms with Crippen LogP contribution in [0.4, 0.5) is 0 Å². The molecule has 0 saturated heterocycles. The molecule has 0 aromatic heterocycles. The molecule has 0 fully saturated rings. The lowest BCUT2D eigenvalue weighted by Gasteiger charge is -2.38. The average Bonchev–Trinajstić information content (AvgIpc) is 2.38. The fourth-order valence-electron chi connectivity index (χ4n) is 2.18. The van der Waals surface area contributed by atoms with Crippen molar-refractivity contribution >= 4 is 5.78 Å². The molecule has 1 aromatic carbocycles. The summed E-state index contributed by atoms with van der Waals surface area (Å²) in [6.45, 7) is 1.63. The third-order valence-corrected chi connectivity index (χ3v) is 3.04. The van der Waals surface area contributed by atoms with E-state index in [1.54, 1.807) is 31.2 Å². The summed E-state index contributed by atoms with van der Waals surface area (Å²) < 4.78 is 10.2. The second kappa shape index (κ2) is 3.89. The van der Waals surface area contributed by atoms with Gasteiger partial charge in [-0.1, -0.05) is 18.2 Å². The number of para-hydroxylation sites is 1. The zero-order chi connectivity index (χ0) is 12.6. The molecule has 0 saturated carbocycles. The van der Waals surface area contributed by atoms with Gasteiger partial charge in [-0.15, -0.1) is 0 Å². The lowest BCUT2D eigenvalue weighted by Crippen LogP contribution is -2.48. The van der Waals surface area contributed by atoms with Gasteiger partial charge in [0.15, 0.2) is 0 Å². The highest BCUT2D eigenvalue weighted by atomic mass is 16.5. The number of Topliss-reactive ketones (excluding diaryl/α,β-unsaturated/α-hetero) is 1. The van der Waals surface area contributed by atoms with Crippen molar-refractivity contribution in [3.8, 4) is 5.75 Å². The van der Waals surface area contributed by atoms with Crippen molar-refractivity contribution in [3.05, 3.63) is 41.2 Å². The minimum absolute atomic E-state index is 0.284. The van der Waals surface area contributed by atoms with Crippen LogP contribution in [-0.4, -0.2) is 25.1 Å². The Bertz CT molecular complexity index is 504. The summed E-state index contributed by atoms with van der Waals surface area (Å²) in [6.07, 6.45) is 0. The van der Waals surface area contributed by atoms with Crippen LogP contribution in [0.5, 0.6) is 5.75 Å². The van der Waals surface area contributed by atoms with Gasteiger partial charge in [0.1, 0.15) is 11.5 Å². The summed E-state index contributed by atoms with van der Waals surface area (Å²) in [5.41, 5.74) is -0.846. The van der Waals surface area contributed by atoms with E-state index in [1.165, 1.54) is 14.2 Å². The second-order valence-electron chi connectivity index (χ2n) is 3.90. The summed E-state index contributed by atoms with van der Waals surface area (Å²) in [4.78, 5) is 11.9. The number of ether oxygens (including phenoxy) is 2. The molecule has 1 atom stereocenters.